The monoisotopic (exact) mass is 246 g/mol. The van der Waals surface area contributed by atoms with Gasteiger partial charge in [-0.25, -0.2) is 0 Å². The Morgan fingerprint density at radius 1 is 1.12 bits per heavy atom. The second-order valence-electron chi connectivity index (χ2n) is 5.34. The quantitative estimate of drug-likeness (QED) is 0.673. The molecule has 0 saturated heterocycles. The number of rotatable bonds is 9. The molecule has 0 aliphatic carbocycles. The maximum atomic E-state index is 3.58. The molecule has 1 unspecified atom stereocenters. The van der Waals surface area contributed by atoms with Gasteiger partial charge in [-0.05, 0) is 31.7 Å². The van der Waals surface area contributed by atoms with Gasteiger partial charge in [0.15, 0.2) is 0 Å². The lowest BCUT2D eigenvalue weighted by Crippen LogP contribution is -2.45. The number of nitrogens with one attached hydrogen (secondary N) is 1. The second-order valence-corrected chi connectivity index (χ2v) is 6.32. The van der Waals surface area contributed by atoms with Crippen molar-refractivity contribution in [3.63, 3.8) is 0 Å². The van der Waals surface area contributed by atoms with Gasteiger partial charge in [-0.2, -0.15) is 11.8 Å². The molecule has 0 radical (unpaired) electrons. The van der Waals surface area contributed by atoms with E-state index in [0.29, 0.717) is 12.0 Å². The fraction of sp³-hybridized carbons (Fsp3) is 1.00. The SMILES string of the molecule is CSCCN(C)C(CNCC(C)C)C(C)C. The Labute approximate surface area is 107 Å². The summed E-state index contributed by atoms with van der Waals surface area (Å²) in [6.45, 7) is 12.6. The molecule has 0 spiro atoms. The first kappa shape index (κ1) is 16.3. The van der Waals surface area contributed by atoms with Crippen molar-refractivity contribution in [1.82, 2.24) is 10.2 Å². The van der Waals surface area contributed by atoms with Crippen LogP contribution in [0.15, 0.2) is 0 Å². The lowest BCUT2D eigenvalue weighted by molar-refractivity contribution is 0.196. The Bertz CT molecular complexity index is 160. The summed E-state index contributed by atoms with van der Waals surface area (Å²) in [5.41, 5.74) is 0. The van der Waals surface area contributed by atoms with Gasteiger partial charge in [-0.1, -0.05) is 27.7 Å². The van der Waals surface area contributed by atoms with Crippen LogP contribution in [0.2, 0.25) is 0 Å². The zero-order valence-electron chi connectivity index (χ0n) is 11.9. The zero-order chi connectivity index (χ0) is 12.6. The molecule has 2 nitrogen and oxygen atoms in total. The molecule has 0 rings (SSSR count). The molecular weight excluding hydrogens is 216 g/mol. The molecule has 0 amide bonds. The number of thioether (sulfide) groups is 1. The van der Waals surface area contributed by atoms with E-state index < -0.39 is 0 Å². The van der Waals surface area contributed by atoms with Crippen LogP contribution in [0.1, 0.15) is 27.7 Å². The van der Waals surface area contributed by atoms with E-state index in [1.54, 1.807) is 0 Å². The van der Waals surface area contributed by atoms with Crippen molar-refractivity contribution < 1.29 is 0 Å². The standard InChI is InChI=1S/C13H30N2S/c1-11(2)9-14-10-13(12(3)4)15(5)7-8-16-6/h11-14H,7-10H2,1-6H3. The summed E-state index contributed by atoms with van der Waals surface area (Å²) < 4.78 is 0. The average Bonchev–Trinajstić information content (AvgIpc) is 2.20. The van der Waals surface area contributed by atoms with E-state index in [0.717, 1.165) is 19.0 Å². The van der Waals surface area contributed by atoms with Crippen LogP contribution in [0.3, 0.4) is 0 Å². The van der Waals surface area contributed by atoms with Crippen LogP contribution in [-0.4, -0.2) is 49.6 Å². The van der Waals surface area contributed by atoms with E-state index in [1.165, 1.54) is 12.3 Å². The zero-order valence-corrected chi connectivity index (χ0v) is 12.7. The van der Waals surface area contributed by atoms with Gasteiger partial charge >= 0.3 is 0 Å². The lowest BCUT2D eigenvalue weighted by atomic mass is 10.0. The van der Waals surface area contributed by atoms with E-state index in [4.69, 9.17) is 0 Å². The second kappa shape index (κ2) is 9.32. The van der Waals surface area contributed by atoms with Gasteiger partial charge in [0, 0.05) is 24.9 Å². The Morgan fingerprint density at radius 2 is 1.75 bits per heavy atom. The predicted molar refractivity (Wildman–Crippen MR) is 77.3 cm³/mol. The first-order valence-corrected chi connectivity index (χ1v) is 7.78. The Hall–Kier alpha value is 0.270. The minimum Gasteiger partial charge on any atom is -0.315 e. The van der Waals surface area contributed by atoms with E-state index in [-0.39, 0.29) is 0 Å². The lowest BCUT2D eigenvalue weighted by Gasteiger charge is -2.31. The van der Waals surface area contributed by atoms with Gasteiger partial charge in [0.05, 0.1) is 0 Å². The molecule has 0 saturated carbocycles. The molecule has 0 bridgehead atoms. The Morgan fingerprint density at radius 3 is 2.19 bits per heavy atom. The normalized spacial score (nSPS) is 14.1. The van der Waals surface area contributed by atoms with Crippen molar-refractivity contribution in [1.29, 1.82) is 0 Å². The van der Waals surface area contributed by atoms with Gasteiger partial charge in [-0.3, -0.25) is 0 Å². The smallest absolute Gasteiger partial charge is 0.0240 e. The van der Waals surface area contributed by atoms with E-state index in [2.05, 4.69) is 51.2 Å². The minimum absolute atomic E-state index is 0.658. The summed E-state index contributed by atoms with van der Waals surface area (Å²) in [6.07, 6.45) is 2.18. The van der Waals surface area contributed by atoms with Gasteiger partial charge in [0.2, 0.25) is 0 Å². The predicted octanol–water partition coefficient (Wildman–Crippen LogP) is 2.55. The van der Waals surface area contributed by atoms with E-state index in [9.17, 15) is 0 Å². The summed E-state index contributed by atoms with van der Waals surface area (Å²) >= 11 is 1.93. The highest BCUT2D eigenvalue weighted by molar-refractivity contribution is 7.98. The fourth-order valence-corrected chi connectivity index (χ4v) is 2.29. The van der Waals surface area contributed by atoms with Crippen LogP contribution in [0, 0.1) is 11.8 Å². The Balaban J connectivity index is 3.95. The number of likely N-dealkylation sites (N-methyl/N-ethyl adjacent to an activating group) is 1. The van der Waals surface area contributed by atoms with Gasteiger partial charge in [0.25, 0.3) is 0 Å². The highest BCUT2D eigenvalue weighted by Crippen LogP contribution is 2.09. The summed E-state index contributed by atoms with van der Waals surface area (Å²) in [7, 11) is 2.25. The van der Waals surface area contributed by atoms with E-state index >= 15 is 0 Å². The fourth-order valence-electron chi connectivity index (χ4n) is 1.82. The molecule has 1 atom stereocenters. The third kappa shape index (κ3) is 7.53. The van der Waals surface area contributed by atoms with Crippen molar-refractivity contribution in [3.05, 3.63) is 0 Å². The summed E-state index contributed by atoms with van der Waals surface area (Å²) in [5.74, 6) is 2.68. The molecule has 0 fully saturated rings. The summed E-state index contributed by atoms with van der Waals surface area (Å²) in [5, 5.41) is 3.58. The van der Waals surface area contributed by atoms with Crippen molar-refractivity contribution in [2.75, 3.05) is 38.7 Å². The molecule has 0 aromatic rings. The summed E-state index contributed by atoms with van der Waals surface area (Å²) in [4.78, 5) is 2.49. The molecular formula is C13H30N2S. The van der Waals surface area contributed by atoms with Crippen molar-refractivity contribution in [2.45, 2.75) is 33.7 Å². The molecule has 0 aliphatic rings. The van der Waals surface area contributed by atoms with Crippen LogP contribution >= 0.6 is 11.8 Å². The summed E-state index contributed by atoms with van der Waals surface area (Å²) in [6, 6.07) is 0.658. The van der Waals surface area contributed by atoms with Crippen LogP contribution < -0.4 is 5.32 Å². The molecule has 0 aliphatic heterocycles. The third-order valence-corrected chi connectivity index (χ3v) is 3.48. The van der Waals surface area contributed by atoms with E-state index in [1.807, 2.05) is 11.8 Å². The molecule has 0 aromatic carbocycles. The highest BCUT2D eigenvalue weighted by atomic mass is 32.2. The number of hydrogen-bond acceptors (Lipinski definition) is 3. The third-order valence-electron chi connectivity index (χ3n) is 2.89. The molecule has 1 N–H and O–H groups in total. The van der Waals surface area contributed by atoms with Crippen molar-refractivity contribution >= 4 is 11.8 Å². The largest absolute Gasteiger partial charge is 0.315 e. The molecule has 98 valence electrons. The number of nitrogens with zero attached hydrogens (tertiary/aromatic N) is 1. The number of hydrogen-bond donors (Lipinski definition) is 1. The minimum atomic E-state index is 0.658. The molecule has 3 heteroatoms. The highest BCUT2D eigenvalue weighted by Gasteiger charge is 2.17. The topological polar surface area (TPSA) is 15.3 Å². The van der Waals surface area contributed by atoms with Crippen LogP contribution in [0.25, 0.3) is 0 Å². The maximum Gasteiger partial charge on any atom is 0.0240 e. The van der Waals surface area contributed by atoms with Crippen LogP contribution in [0.4, 0.5) is 0 Å². The Kier molecular flexibility index (Phi) is 9.47. The first-order valence-electron chi connectivity index (χ1n) is 6.38. The molecule has 0 aromatic heterocycles. The molecule has 0 heterocycles. The maximum absolute atomic E-state index is 3.58. The van der Waals surface area contributed by atoms with Crippen molar-refractivity contribution in [3.8, 4) is 0 Å². The van der Waals surface area contributed by atoms with Gasteiger partial charge in [0.1, 0.15) is 0 Å². The first-order chi connectivity index (χ1) is 7.49. The van der Waals surface area contributed by atoms with Crippen molar-refractivity contribution in [2.24, 2.45) is 11.8 Å². The van der Waals surface area contributed by atoms with Crippen LogP contribution in [0.5, 0.6) is 0 Å². The van der Waals surface area contributed by atoms with Gasteiger partial charge in [-0.15, -0.1) is 0 Å². The van der Waals surface area contributed by atoms with Gasteiger partial charge < -0.3 is 10.2 Å². The van der Waals surface area contributed by atoms with Crippen LogP contribution in [-0.2, 0) is 0 Å². The average molecular weight is 246 g/mol. The molecule has 16 heavy (non-hydrogen) atoms.